The van der Waals surface area contributed by atoms with E-state index in [-0.39, 0.29) is 12.1 Å². The summed E-state index contributed by atoms with van der Waals surface area (Å²) in [5.41, 5.74) is 1.50. The van der Waals surface area contributed by atoms with E-state index in [4.69, 9.17) is 4.74 Å². The van der Waals surface area contributed by atoms with E-state index in [0.29, 0.717) is 10.6 Å². The SMILES string of the molecule is COc1cc(C)c(S(=O)(=O)N2[C@H](CI)CCC[C@@H]2C)c(C)c1. The van der Waals surface area contributed by atoms with E-state index in [0.717, 1.165) is 34.8 Å². The third-order valence-electron chi connectivity index (χ3n) is 4.34. The van der Waals surface area contributed by atoms with Crippen molar-refractivity contribution in [1.29, 1.82) is 0 Å². The van der Waals surface area contributed by atoms with Crippen molar-refractivity contribution in [3.05, 3.63) is 23.3 Å². The molecule has 1 heterocycles. The van der Waals surface area contributed by atoms with Gasteiger partial charge in [-0.05, 0) is 56.9 Å². The van der Waals surface area contributed by atoms with Crippen molar-refractivity contribution in [2.45, 2.75) is 57.0 Å². The second-order valence-corrected chi connectivity index (χ2v) is 8.67. The van der Waals surface area contributed by atoms with Gasteiger partial charge in [-0.3, -0.25) is 0 Å². The van der Waals surface area contributed by atoms with E-state index in [9.17, 15) is 8.42 Å². The zero-order valence-corrected chi connectivity index (χ0v) is 16.6. The first-order valence-electron chi connectivity index (χ1n) is 7.57. The Hall–Kier alpha value is -0.340. The van der Waals surface area contributed by atoms with Crippen LogP contribution >= 0.6 is 22.6 Å². The molecule has 0 saturated carbocycles. The summed E-state index contributed by atoms with van der Waals surface area (Å²) in [5.74, 6) is 0.700. The van der Waals surface area contributed by atoms with Gasteiger partial charge in [-0.25, -0.2) is 8.42 Å². The number of rotatable bonds is 4. The summed E-state index contributed by atoms with van der Waals surface area (Å²) < 4.78 is 34.4. The standard InChI is InChI=1S/C16H24INO3S/c1-11-8-15(21-4)9-12(2)16(11)22(19,20)18-13(3)6-5-7-14(18)10-17/h8-9,13-14H,5-7,10H2,1-4H3/t13-,14-/m0/s1. The van der Waals surface area contributed by atoms with Crippen molar-refractivity contribution in [3.63, 3.8) is 0 Å². The van der Waals surface area contributed by atoms with Gasteiger partial charge >= 0.3 is 0 Å². The quantitative estimate of drug-likeness (QED) is 0.534. The average Bonchev–Trinajstić information content (AvgIpc) is 2.45. The number of ether oxygens (including phenoxy) is 1. The Morgan fingerprint density at radius 1 is 1.27 bits per heavy atom. The highest BCUT2D eigenvalue weighted by Gasteiger charge is 2.38. The molecule has 1 aliphatic rings. The normalized spacial score (nSPS) is 23.5. The first-order valence-corrected chi connectivity index (χ1v) is 10.5. The van der Waals surface area contributed by atoms with Gasteiger partial charge in [-0.2, -0.15) is 4.31 Å². The lowest BCUT2D eigenvalue weighted by atomic mass is 10.0. The molecule has 0 aromatic heterocycles. The maximum absolute atomic E-state index is 13.3. The first-order chi connectivity index (χ1) is 10.3. The minimum absolute atomic E-state index is 0.0550. The van der Waals surface area contributed by atoms with Crippen LogP contribution in [-0.4, -0.2) is 36.3 Å². The van der Waals surface area contributed by atoms with Gasteiger partial charge in [-0.15, -0.1) is 0 Å². The lowest BCUT2D eigenvalue weighted by molar-refractivity contribution is 0.209. The summed E-state index contributed by atoms with van der Waals surface area (Å²) in [6.45, 7) is 5.70. The number of methoxy groups -OCH3 is 1. The van der Waals surface area contributed by atoms with Gasteiger partial charge in [0.05, 0.1) is 12.0 Å². The molecule has 124 valence electrons. The van der Waals surface area contributed by atoms with Crippen LogP contribution in [0.2, 0.25) is 0 Å². The highest BCUT2D eigenvalue weighted by atomic mass is 127. The fraction of sp³-hybridized carbons (Fsp3) is 0.625. The van der Waals surface area contributed by atoms with E-state index in [1.54, 1.807) is 23.5 Å². The molecule has 0 spiro atoms. The monoisotopic (exact) mass is 437 g/mol. The molecule has 0 radical (unpaired) electrons. The predicted octanol–water partition coefficient (Wildman–Crippen LogP) is 3.68. The van der Waals surface area contributed by atoms with Crippen LogP contribution in [0.25, 0.3) is 0 Å². The van der Waals surface area contributed by atoms with Gasteiger partial charge < -0.3 is 4.74 Å². The Bertz CT molecular complexity index is 622. The van der Waals surface area contributed by atoms with E-state index in [2.05, 4.69) is 22.6 Å². The fourth-order valence-corrected chi connectivity index (χ4v) is 6.81. The lowest BCUT2D eigenvalue weighted by Gasteiger charge is -2.39. The summed E-state index contributed by atoms with van der Waals surface area (Å²) in [7, 11) is -1.89. The van der Waals surface area contributed by atoms with Crippen LogP contribution < -0.4 is 4.74 Å². The van der Waals surface area contributed by atoms with Crippen molar-refractivity contribution < 1.29 is 13.2 Å². The van der Waals surface area contributed by atoms with Crippen LogP contribution in [0.3, 0.4) is 0 Å². The van der Waals surface area contributed by atoms with Crippen LogP contribution in [0.15, 0.2) is 17.0 Å². The predicted molar refractivity (Wildman–Crippen MR) is 97.5 cm³/mol. The lowest BCUT2D eigenvalue weighted by Crippen LogP contribution is -2.49. The zero-order valence-electron chi connectivity index (χ0n) is 13.6. The number of halogens is 1. The van der Waals surface area contributed by atoms with Crippen LogP contribution in [0.4, 0.5) is 0 Å². The molecule has 22 heavy (non-hydrogen) atoms. The van der Waals surface area contributed by atoms with Crippen LogP contribution in [-0.2, 0) is 10.0 Å². The molecule has 0 amide bonds. The molecule has 0 N–H and O–H groups in total. The molecule has 1 aliphatic heterocycles. The van der Waals surface area contributed by atoms with Crippen molar-refractivity contribution in [1.82, 2.24) is 4.31 Å². The van der Waals surface area contributed by atoms with Gasteiger partial charge in [0.2, 0.25) is 10.0 Å². The minimum atomic E-state index is -3.49. The molecule has 2 rings (SSSR count). The minimum Gasteiger partial charge on any atom is -0.497 e. The second-order valence-electron chi connectivity index (χ2n) is 6.01. The van der Waals surface area contributed by atoms with Gasteiger partial charge in [0.1, 0.15) is 5.75 Å². The van der Waals surface area contributed by atoms with Gasteiger partial charge in [0.15, 0.2) is 0 Å². The maximum atomic E-state index is 13.3. The van der Waals surface area contributed by atoms with Crippen molar-refractivity contribution in [2.75, 3.05) is 11.5 Å². The topological polar surface area (TPSA) is 46.6 Å². The Morgan fingerprint density at radius 3 is 2.36 bits per heavy atom. The Labute approximate surface area is 147 Å². The number of hydrogen-bond donors (Lipinski definition) is 0. The molecule has 1 aromatic carbocycles. The molecule has 1 saturated heterocycles. The van der Waals surface area contributed by atoms with Gasteiger partial charge in [-0.1, -0.05) is 29.0 Å². The van der Waals surface area contributed by atoms with Crippen LogP contribution in [0.1, 0.15) is 37.3 Å². The Morgan fingerprint density at radius 2 is 1.86 bits per heavy atom. The summed E-state index contributed by atoms with van der Waals surface area (Å²) in [6.07, 6.45) is 2.98. The Kier molecular flexibility index (Phi) is 5.77. The average molecular weight is 437 g/mol. The highest BCUT2D eigenvalue weighted by molar-refractivity contribution is 14.1. The van der Waals surface area contributed by atoms with E-state index in [1.165, 1.54) is 0 Å². The maximum Gasteiger partial charge on any atom is 0.244 e. The van der Waals surface area contributed by atoms with E-state index >= 15 is 0 Å². The number of sulfonamides is 1. The number of hydrogen-bond acceptors (Lipinski definition) is 3. The fourth-order valence-electron chi connectivity index (χ4n) is 3.38. The number of alkyl halides is 1. The second kappa shape index (κ2) is 7.05. The summed E-state index contributed by atoms with van der Waals surface area (Å²) in [4.78, 5) is 0.442. The number of benzene rings is 1. The Balaban J connectivity index is 2.54. The molecule has 0 bridgehead atoms. The molecule has 0 unspecified atom stereocenters. The molecule has 6 heteroatoms. The number of piperidine rings is 1. The van der Waals surface area contributed by atoms with Gasteiger partial charge in [0.25, 0.3) is 0 Å². The largest absolute Gasteiger partial charge is 0.497 e. The summed E-state index contributed by atoms with van der Waals surface area (Å²) in [6, 6.07) is 3.75. The van der Waals surface area contributed by atoms with Crippen molar-refractivity contribution in [3.8, 4) is 5.75 Å². The van der Waals surface area contributed by atoms with Crippen LogP contribution in [0, 0.1) is 13.8 Å². The molecule has 2 atom stereocenters. The van der Waals surface area contributed by atoms with Gasteiger partial charge in [0, 0.05) is 16.5 Å². The highest BCUT2D eigenvalue weighted by Crippen LogP contribution is 2.34. The molecule has 1 aromatic rings. The zero-order chi connectivity index (χ0) is 16.5. The van der Waals surface area contributed by atoms with Crippen LogP contribution in [0.5, 0.6) is 5.75 Å². The summed E-state index contributed by atoms with van der Waals surface area (Å²) >= 11 is 2.29. The van der Waals surface area contributed by atoms with Crippen molar-refractivity contribution >= 4 is 32.6 Å². The third-order valence-corrected chi connectivity index (χ3v) is 7.73. The smallest absolute Gasteiger partial charge is 0.244 e. The molecular formula is C16H24INO3S. The molecule has 1 fully saturated rings. The number of aryl methyl sites for hydroxylation is 2. The molecule has 0 aliphatic carbocycles. The van der Waals surface area contributed by atoms with E-state index < -0.39 is 10.0 Å². The summed E-state index contributed by atoms with van der Waals surface area (Å²) in [5, 5.41) is 0. The third kappa shape index (κ3) is 3.28. The first kappa shape index (κ1) is 18.0. The molecular weight excluding hydrogens is 413 g/mol. The molecule has 4 nitrogen and oxygen atoms in total. The number of nitrogens with zero attached hydrogens (tertiary/aromatic N) is 1. The van der Waals surface area contributed by atoms with E-state index in [1.807, 2.05) is 20.8 Å². The van der Waals surface area contributed by atoms with Crippen molar-refractivity contribution in [2.24, 2.45) is 0 Å².